The molecule has 55 heavy (non-hydrogen) atoms. The number of benzene rings is 7. The Morgan fingerprint density at radius 1 is 0.309 bits per heavy atom. The van der Waals surface area contributed by atoms with Crippen LogP contribution in [0, 0.1) is 0 Å². The van der Waals surface area contributed by atoms with Crippen LogP contribution in [-0.4, -0.2) is 15.0 Å². The number of aromatic nitrogens is 3. The Morgan fingerprint density at radius 2 is 0.782 bits per heavy atom. The largest absolute Gasteiger partial charge is 0.248 e. The minimum atomic E-state index is 0.723. The monoisotopic (exact) mass is 719 g/mol. The quantitative estimate of drug-likeness (QED) is 0.165. The minimum absolute atomic E-state index is 0.723. The second-order valence-corrected chi connectivity index (χ2v) is 14.7. The van der Waals surface area contributed by atoms with Gasteiger partial charge in [-0.1, -0.05) is 164 Å². The minimum Gasteiger partial charge on any atom is -0.248 e. The van der Waals surface area contributed by atoms with Crippen molar-refractivity contribution in [3.05, 3.63) is 200 Å². The number of pyridine rings is 1. The molecule has 0 radical (unpaired) electrons. The predicted octanol–water partition coefficient (Wildman–Crippen LogP) is 13.9. The third-order valence-corrected chi connectivity index (χ3v) is 11.2. The van der Waals surface area contributed by atoms with Crippen LogP contribution in [-0.2, 0) is 0 Å². The summed E-state index contributed by atoms with van der Waals surface area (Å²) in [4.78, 5) is 15.6. The predicted molar refractivity (Wildman–Crippen MR) is 231 cm³/mol. The topological polar surface area (TPSA) is 38.7 Å². The zero-order valence-corrected chi connectivity index (χ0v) is 30.6. The Kier molecular flexibility index (Phi) is 8.36. The first-order valence-corrected chi connectivity index (χ1v) is 19.2. The van der Waals surface area contributed by atoms with Gasteiger partial charge < -0.3 is 0 Å². The highest BCUT2D eigenvalue weighted by Gasteiger charge is 2.17. The fourth-order valence-electron chi connectivity index (χ4n) is 7.32. The number of thiophene rings is 1. The van der Waals surface area contributed by atoms with Gasteiger partial charge in [-0.15, -0.1) is 11.3 Å². The first-order chi connectivity index (χ1) is 27.2. The molecule has 0 aliphatic heterocycles. The fourth-order valence-corrected chi connectivity index (χ4v) is 8.47. The Morgan fingerprint density at radius 3 is 1.44 bits per heavy atom. The van der Waals surface area contributed by atoms with Gasteiger partial charge in [0.2, 0.25) is 0 Å². The summed E-state index contributed by atoms with van der Waals surface area (Å²) in [7, 11) is 0. The van der Waals surface area contributed by atoms with E-state index in [1.807, 2.05) is 12.1 Å². The van der Waals surface area contributed by atoms with Crippen LogP contribution in [0.2, 0.25) is 0 Å². The van der Waals surface area contributed by atoms with Gasteiger partial charge in [0.05, 0.1) is 27.3 Å². The maximum absolute atomic E-state index is 5.22. The van der Waals surface area contributed by atoms with E-state index in [2.05, 4.69) is 188 Å². The lowest BCUT2D eigenvalue weighted by Crippen LogP contribution is -1.94. The molecule has 0 aliphatic rings. The van der Waals surface area contributed by atoms with Gasteiger partial charge >= 0.3 is 0 Å². The van der Waals surface area contributed by atoms with E-state index in [0.29, 0.717) is 0 Å². The maximum atomic E-state index is 5.22. The summed E-state index contributed by atoms with van der Waals surface area (Å²) in [6.45, 7) is 0. The van der Waals surface area contributed by atoms with Crippen LogP contribution in [0.1, 0.15) is 0 Å². The summed E-state index contributed by atoms with van der Waals surface area (Å²) >= 11 is 1.76. The number of nitrogens with zero attached hydrogens (tertiary/aromatic N) is 3. The van der Waals surface area contributed by atoms with Crippen molar-refractivity contribution in [2.45, 2.75) is 0 Å². The van der Waals surface area contributed by atoms with Gasteiger partial charge in [-0.05, 0) is 69.8 Å². The molecular formula is C51H33N3S. The van der Waals surface area contributed by atoms with E-state index in [0.717, 1.165) is 88.6 Å². The molecule has 3 nitrogen and oxygen atoms in total. The van der Waals surface area contributed by atoms with Crippen LogP contribution >= 0.6 is 11.3 Å². The van der Waals surface area contributed by atoms with E-state index in [9.17, 15) is 0 Å². The van der Waals surface area contributed by atoms with Crippen LogP contribution in [0.4, 0.5) is 0 Å². The smallest absolute Gasteiger partial charge is 0.160 e. The molecule has 3 aromatic heterocycles. The highest BCUT2D eigenvalue weighted by Crippen LogP contribution is 2.40. The van der Waals surface area contributed by atoms with E-state index >= 15 is 0 Å². The Hall–Kier alpha value is -7.01. The number of hydrogen-bond donors (Lipinski definition) is 0. The van der Waals surface area contributed by atoms with Gasteiger partial charge in [0, 0.05) is 32.3 Å². The molecule has 7 aromatic carbocycles. The molecule has 10 aromatic rings. The lowest BCUT2D eigenvalue weighted by Gasteiger charge is -2.12. The molecule has 0 fully saturated rings. The molecule has 0 N–H and O–H groups in total. The summed E-state index contributed by atoms with van der Waals surface area (Å²) in [6.07, 6.45) is 0. The van der Waals surface area contributed by atoms with Crippen LogP contribution in [0.15, 0.2) is 200 Å². The van der Waals surface area contributed by atoms with Gasteiger partial charge in [-0.3, -0.25) is 0 Å². The Bertz CT molecular complexity index is 2910. The van der Waals surface area contributed by atoms with Crippen LogP contribution in [0.3, 0.4) is 0 Å². The molecule has 0 saturated heterocycles. The summed E-state index contributed by atoms with van der Waals surface area (Å²) in [5.41, 5.74) is 14.9. The van der Waals surface area contributed by atoms with E-state index in [1.54, 1.807) is 11.3 Å². The maximum Gasteiger partial charge on any atom is 0.160 e. The molecular weight excluding hydrogens is 687 g/mol. The van der Waals surface area contributed by atoms with Crippen molar-refractivity contribution in [3.63, 3.8) is 0 Å². The molecule has 0 unspecified atom stereocenters. The normalized spacial score (nSPS) is 11.3. The third kappa shape index (κ3) is 6.39. The number of rotatable bonds is 7. The molecule has 0 bridgehead atoms. The van der Waals surface area contributed by atoms with Crippen molar-refractivity contribution >= 4 is 31.6 Å². The molecule has 0 saturated carbocycles. The number of fused-ring (bicyclic) bond motifs is 3. The first kappa shape index (κ1) is 32.6. The summed E-state index contributed by atoms with van der Waals surface area (Å²) in [5.74, 6) is 0.723. The second-order valence-electron chi connectivity index (χ2n) is 13.6. The molecule has 0 amide bonds. The SMILES string of the molecule is c1ccc(-c2cc(-c3ccccc3)nc(-c3cccc(-c4cccc(-c5cccc(-c6nc(-c7ccccc7)c7sc8ccccc8c7n6)c5)c4)c3)c2)cc1. The lowest BCUT2D eigenvalue weighted by atomic mass is 9.95. The van der Waals surface area contributed by atoms with Crippen molar-refractivity contribution in [1.82, 2.24) is 15.0 Å². The highest BCUT2D eigenvalue weighted by atomic mass is 32.1. The van der Waals surface area contributed by atoms with Crippen molar-refractivity contribution in [1.29, 1.82) is 0 Å². The van der Waals surface area contributed by atoms with E-state index < -0.39 is 0 Å². The van der Waals surface area contributed by atoms with Crippen LogP contribution in [0.5, 0.6) is 0 Å². The summed E-state index contributed by atoms with van der Waals surface area (Å²) in [6, 6.07) is 70.3. The third-order valence-electron chi connectivity index (χ3n) is 10.1. The molecule has 0 atom stereocenters. The average molecular weight is 720 g/mol. The Balaban J connectivity index is 1.03. The van der Waals surface area contributed by atoms with Crippen molar-refractivity contribution in [2.24, 2.45) is 0 Å². The second kappa shape index (κ2) is 14.1. The zero-order valence-electron chi connectivity index (χ0n) is 29.8. The zero-order chi connectivity index (χ0) is 36.6. The molecule has 0 spiro atoms. The van der Waals surface area contributed by atoms with Crippen LogP contribution in [0.25, 0.3) is 98.8 Å². The van der Waals surface area contributed by atoms with Crippen molar-refractivity contribution in [3.8, 4) is 78.5 Å². The fraction of sp³-hybridized carbons (Fsp3) is 0. The van der Waals surface area contributed by atoms with E-state index in [4.69, 9.17) is 15.0 Å². The van der Waals surface area contributed by atoms with E-state index in [1.165, 1.54) is 10.3 Å². The van der Waals surface area contributed by atoms with E-state index in [-0.39, 0.29) is 0 Å². The number of hydrogen-bond acceptors (Lipinski definition) is 4. The van der Waals surface area contributed by atoms with Gasteiger partial charge in [-0.2, -0.15) is 0 Å². The van der Waals surface area contributed by atoms with Crippen LogP contribution < -0.4 is 0 Å². The van der Waals surface area contributed by atoms with Gasteiger partial charge in [0.1, 0.15) is 0 Å². The highest BCUT2D eigenvalue weighted by molar-refractivity contribution is 7.26. The first-order valence-electron chi connectivity index (χ1n) is 18.4. The average Bonchev–Trinajstić information content (AvgIpc) is 3.66. The van der Waals surface area contributed by atoms with Gasteiger partial charge in [-0.25, -0.2) is 15.0 Å². The molecule has 3 heterocycles. The summed E-state index contributed by atoms with van der Waals surface area (Å²) < 4.78 is 2.33. The Labute approximate surface area is 323 Å². The molecule has 258 valence electrons. The standard InChI is InChI=1S/C51H33N3S/c1-4-15-34(16-5-1)43-32-45(35-17-6-2-7-18-35)52-46(33-43)41-25-13-23-39(30-41)37-21-12-22-38(29-37)40-24-14-26-42(31-40)51-53-48(36-19-8-3-9-20-36)50-49(54-51)44-27-10-11-28-47(44)55-50/h1-33H. The molecule has 10 rings (SSSR count). The summed E-state index contributed by atoms with van der Waals surface area (Å²) in [5, 5.41) is 1.16. The van der Waals surface area contributed by atoms with Crippen molar-refractivity contribution < 1.29 is 0 Å². The van der Waals surface area contributed by atoms with Gasteiger partial charge in [0.15, 0.2) is 5.82 Å². The van der Waals surface area contributed by atoms with Crippen molar-refractivity contribution in [2.75, 3.05) is 0 Å². The van der Waals surface area contributed by atoms with Gasteiger partial charge in [0.25, 0.3) is 0 Å². The lowest BCUT2D eigenvalue weighted by molar-refractivity contribution is 1.24. The molecule has 0 aliphatic carbocycles. The molecule has 4 heteroatoms.